The van der Waals surface area contributed by atoms with Crippen molar-refractivity contribution in [3.05, 3.63) is 0 Å². The summed E-state index contributed by atoms with van der Waals surface area (Å²) in [5.41, 5.74) is 0. The molecule has 2 fully saturated rings. The Bertz CT molecular complexity index is 1300. The predicted molar refractivity (Wildman–Crippen MR) is 388 cm³/mol. The zero-order valence-electron chi connectivity index (χ0n) is 52.7. The van der Waals surface area contributed by atoms with Gasteiger partial charge in [-0.3, -0.25) is 0 Å². The van der Waals surface area contributed by atoms with Crippen molar-refractivity contribution in [1.82, 2.24) is 0 Å². The van der Waals surface area contributed by atoms with Crippen molar-refractivity contribution in [3.8, 4) is 0 Å². The Morgan fingerprint density at radius 2 is 0.488 bits per heavy atom. The van der Waals surface area contributed by atoms with Crippen LogP contribution in [-0.2, 0) is 53.1 Å². The van der Waals surface area contributed by atoms with E-state index in [9.17, 15) is 0 Å². The van der Waals surface area contributed by atoms with Gasteiger partial charge in [0.1, 0.15) is 0 Å². The van der Waals surface area contributed by atoms with Gasteiger partial charge in [-0.2, -0.15) is 0 Å². The van der Waals surface area contributed by atoms with Gasteiger partial charge in [-0.1, -0.05) is 77.6 Å². The van der Waals surface area contributed by atoms with Crippen LogP contribution in [0.3, 0.4) is 0 Å². The van der Waals surface area contributed by atoms with Gasteiger partial charge in [0.25, 0.3) is 0 Å². The Hall–Kier alpha value is 4.59. The Labute approximate surface area is 553 Å². The molecule has 0 bridgehead atoms. The van der Waals surface area contributed by atoms with Gasteiger partial charge >= 0.3 is 35.2 Å². The van der Waals surface area contributed by atoms with Gasteiger partial charge in [0.2, 0.25) is 0 Å². The molecular formula is C54H114O12S12Si4. The molecule has 2 rings (SSSR count). The fourth-order valence-electron chi connectivity index (χ4n) is 11.4. The summed E-state index contributed by atoms with van der Waals surface area (Å²) in [7, 11) is 13.4. The molecular weight excluding hydrogens is 1340 g/mol. The molecule has 6 unspecified atom stereocenters. The van der Waals surface area contributed by atoms with E-state index in [0.717, 1.165) is 85.0 Å². The van der Waals surface area contributed by atoms with Crippen molar-refractivity contribution in [2.24, 2.45) is 35.5 Å². The van der Waals surface area contributed by atoms with Crippen LogP contribution in [0.5, 0.6) is 0 Å². The maximum absolute atomic E-state index is 6.33. The molecule has 490 valence electrons. The van der Waals surface area contributed by atoms with Crippen molar-refractivity contribution in [2.45, 2.75) is 197 Å². The lowest BCUT2D eigenvalue weighted by Gasteiger charge is -2.38. The average Bonchev–Trinajstić information content (AvgIpc) is 3.45. The number of hydrogen-bond acceptors (Lipinski definition) is 24. The lowest BCUT2D eigenvalue weighted by atomic mass is 9.71. The minimum Gasteiger partial charge on any atom is -0.374 e. The molecule has 12 nitrogen and oxygen atoms in total. The smallest absolute Gasteiger partial charge is 0.374 e. The Balaban J connectivity index is 1.87. The molecule has 28 heteroatoms. The minimum absolute atomic E-state index is 0.635. The van der Waals surface area contributed by atoms with E-state index in [1.54, 1.807) is 0 Å². The first-order chi connectivity index (χ1) is 40.0. The lowest BCUT2D eigenvalue weighted by Crippen LogP contribution is -2.46. The van der Waals surface area contributed by atoms with Crippen LogP contribution in [0.15, 0.2) is 0 Å². The van der Waals surface area contributed by atoms with Crippen LogP contribution < -0.4 is 0 Å². The molecule has 0 N–H and O–H groups in total. The Morgan fingerprint density at radius 1 is 0.256 bits per heavy atom. The third-order valence-corrected chi connectivity index (χ3v) is 46.8. The van der Waals surface area contributed by atoms with E-state index in [0.29, 0.717) is 91.1 Å². The molecule has 2 aliphatic carbocycles. The first-order valence-electron chi connectivity index (χ1n) is 31.4. The second-order valence-corrected chi connectivity index (χ2v) is 49.8. The van der Waals surface area contributed by atoms with Crippen molar-refractivity contribution >= 4 is 159 Å². The number of hydrogen-bond donors (Lipinski definition) is 0. The SMILES string of the molecule is CCO[Si](CCCSSSSCCC1CC(CCSSSSCCC2CCC(CC[Si](OCC)(OCC)OCC)C(CCSSSSCCC[Si](OCC)(OCC)OCC)C2)CCC1CC[Si](OCC)(OCC)OCC)(OCC)OCC. The van der Waals surface area contributed by atoms with E-state index in [1.807, 2.05) is 144 Å². The molecule has 0 aromatic carbocycles. The fraction of sp³-hybridized carbons (Fsp3) is 1.00. The maximum Gasteiger partial charge on any atom is 0.500 e. The van der Waals surface area contributed by atoms with Crippen LogP contribution in [0.2, 0.25) is 24.2 Å². The van der Waals surface area contributed by atoms with Gasteiger partial charge in [0.05, 0.1) is 0 Å². The molecule has 6 atom stereocenters. The summed E-state index contributed by atoms with van der Waals surface area (Å²) in [6.45, 7) is 32.3. The predicted octanol–water partition coefficient (Wildman–Crippen LogP) is 20.4. The molecule has 2 aliphatic rings. The van der Waals surface area contributed by atoms with Crippen LogP contribution in [-0.4, -0.2) is 149 Å². The fourth-order valence-corrected chi connectivity index (χ4v) is 41.4. The molecule has 0 aromatic rings. The van der Waals surface area contributed by atoms with E-state index in [-0.39, 0.29) is 0 Å². The van der Waals surface area contributed by atoms with Crippen LogP contribution >= 0.6 is 124 Å². The molecule has 0 heterocycles. The molecule has 82 heavy (non-hydrogen) atoms. The average molecular weight is 1450 g/mol. The third-order valence-electron chi connectivity index (χ3n) is 14.7. The molecule has 0 amide bonds. The van der Waals surface area contributed by atoms with Crippen molar-refractivity contribution < 1.29 is 53.1 Å². The molecule has 0 saturated heterocycles. The molecule has 0 aliphatic heterocycles. The summed E-state index contributed by atoms with van der Waals surface area (Å²) in [4.78, 5) is 0. The summed E-state index contributed by atoms with van der Waals surface area (Å²) in [6, 6.07) is 3.61. The van der Waals surface area contributed by atoms with E-state index >= 15 is 0 Å². The van der Waals surface area contributed by atoms with Crippen LogP contribution in [0.25, 0.3) is 0 Å². The van der Waals surface area contributed by atoms with Gasteiger partial charge in [-0.05, 0) is 255 Å². The topological polar surface area (TPSA) is 111 Å². The van der Waals surface area contributed by atoms with Crippen LogP contribution in [0.1, 0.15) is 173 Å². The highest BCUT2D eigenvalue weighted by Crippen LogP contribution is 2.50. The minimum atomic E-state index is -2.67. The van der Waals surface area contributed by atoms with E-state index in [2.05, 4.69) is 63.1 Å². The molecule has 0 radical (unpaired) electrons. The second kappa shape index (κ2) is 53.9. The first-order valence-corrected chi connectivity index (χ1v) is 54.6. The quantitative estimate of drug-likeness (QED) is 0.0327. The van der Waals surface area contributed by atoms with Crippen LogP contribution in [0.4, 0.5) is 0 Å². The number of rotatable bonds is 59. The summed E-state index contributed by atoms with van der Waals surface area (Å²) in [5, 5.41) is 0. The summed E-state index contributed by atoms with van der Waals surface area (Å²) in [5.74, 6) is 11.5. The molecule has 0 aromatic heterocycles. The van der Waals surface area contributed by atoms with E-state index in [1.165, 1.54) is 87.2 Å². The Morgan fingerprint density at radius 3 is 0.744 bits per heavy atom. The van der Waals surface area contributed by atoms with Crippen molar-refractivity contribution in [2.75, 3.05) is 114 Å². The zero-order chi connectivity index (χ0) is 59.9. The van der Waals surface area contributed by atoms with E-state index < -0.39 is 35.2 Å². The van der Waals surface area contributed by atoms with Gasteiger partial charge < -0.3 is 53.1 Å². The molecule has 0 spiro atoms. The zero-order valence-corrected chi connectivity index (χ0v) is 66.5. The standard InChI is InChI=1S/C54H114O12S12Si4/c1-13-55-79(56-14-2,57-15-3)43-25-37-67-73-77-71-41-33-53-47-49(27-29-51(53)35-45-81(61-19-7,62-20-8)63-21-9)31-39-69-75-76-70-40-32-50-28-30-52(36-46-82(64-22-10,65-23-11)66-24-12)54(48-50)34-42-72-78-74-68-38-26-44-80(58-16-4,59-17-5)60-18-6/h49-54H,13-48H2,1-12H3. The summed E-state index contributed by atoms with van der Waals surface area (Å²) >= 11 is 0. The Kier molecular flexibility index (Phi) is 54.3. The van der Waals surface area contributed by atoms with Crippen molar-refractivity contribution in [3.63, 3.8) is 0 Å². The van der Waals surface area contributed by atoms with Gasteiger partial charge in [0.15, 0.2) is 0 Å². The van der Waals surface area contributed by atoms with Gasteiger partial charge in [-0.15, -0.1) is 0 Å². The van der Waals surface area contributed by atoms with E-state index in [4.69, 9.17) is 53.1 Å². The molecule has 2 saturated carbocycles. The first kappa shape index (κ1) is 82.7. The highest BCUT2D eigenvalue weighted by molar-refractivity contribution is 9.27. The maximum atomic E-state index is 6.33. The summed E-state index contributed by atoms with van der Waals surface area (Å²) in [6.07, 6.45) is 17.5. The monoisotopic (exact) mass is 1450 g/mol. The van der Waals surface area contributed by atoms with Crippen LogP contribution in [0, 0.1) is 35.5 Å². The third kappa shape index (κ3) is 36.3. The highest BCUT2D eigenvalue weighted by atomic mass is 33.7. The largest absolute Gasteiger partial charge is 0.500 e. The van der Waals surface area contributed by atoms with Crippen molar-refractivity contribution in [1.29, 1.82) is 0 Å². The lowest BCUT2D eigenvalue weighted by molar-refractivity contribution is 0.0655. The summed E-state index contributed by atoms with van der Waals surface area (Å²) < 4.78 is 74.4. The second-order valence-electron chi connectivity index (χ2n) is 20.1. The van der Waals surface area contributed by atoms with Gasteiger partial charge in [0, 0.05) is 138 Å². The highest BCUT2D eigenvalue weighted by Gasteiger charge is 2.45. The normalized spacial score (nSPS) is 20.3. The van der Waals surface area contributed by atoms with Gasteiger partial charge in [-0.25, -0.2) is 0 Å².